The zero-order valence-electron chi connectivity index (χ0n) is 13.9. The third kappa shape index (κ3) is 8.35. The normalized spacial score (nSPS) is 8.64. The van der Waals surface area contributed by atoms with Crippen molar-refractivity contribution in [1.29, 1.82) is 0 Å². The Bertz CT molecular complexity index is 622. The predicted molar refractivity (Wildman–Crippen MR) is 117 cm³/mol. The molecule has 25 heavy (non-hydrogen) atoms. The molecule has 0 heterocycles. The Morgan fingerprint density at radius 2 is 0.480 bits per heavy atom. The maximum Gasteiger partial charge on any atom is -0.0184 e. The molecular weight excluding hydrogens is 300 g/mol. The van der Waals surface area contributed by atoms with Crippen LogP contribution in [0.15, 0.2) is 72.8 Å². The first kappa shape index (κ1) is 24.9. The molecule has 0 aliphatic carbocycles. The van der Waals surface area contributed by atoms with Crippen molar-refractivity contribution in [2.45, 2.75) is 50.0 Å². The van der Waals surface area contributed by atoms with Crippen LogP contribution in [0.4, 0.5) is 0 Å². The second-order valence-electron chi connectivity index (χ2n) is 5.89. The molecule has 0 spiro atoms. The van der Waals surface area contributed by atoms with Crippen molar-refractivity contribution >= 4 is 0 Å². The van der Waals surface area contributed by atoms with Crippen LogP contribution < -0.4 is 0 Å². The van der Waals surface area contributed by atoms with E-state index < -0.39 is 0 Å². The second-order valence-corrected chi connectivity index (χ2v) is 5.89. The molecule has 0 bridgehead atoms. The highest BCUT2D eigenvalue weighted by atomic mass is 14.0. The Morgan fingerprint density at radius 3 is 0.680 bits per heavy atom. The summed E-state index contributed by atoms with van der Waals surface area (Å²) in [5, 5.41) is 0. The fraction of sp³-hybridized carbons (Fsp3) is 0.280. The summed E-state index contributed by atoms with van der Waals surface area (Å²) in [5.41, 5.74) is 7.85. The molecule has 0 saturated heterocycles. The molecule has 0 radical (unpaired) electrons. The van der Waals surface area contributed by atoms with Crippen molar-refractivity contribution in [3.63, 3.8) is 0 Å². The molecule has 136 valence electrons. The topological polar surface area (TPSA) is 0 Å². The zero-order chi connectivity index (χ0) is 15.9. The molecule has 3 rings (SSSR count). The summed E-state index contributed by atoms with van der Waals surface area (Å²) in [7, 11) is 0. The molecule has 0 fully saturated rings. The molecule has 0 saturated carbocycles. The van der Waals surface area contributed by atoms with Gasteiger partial charge in [-0.3, -0.25) is 0 Å². The van der Waals surface area contributed by atoms with E-state index >= 15 is 0 Å². The van der Waals surface area contributed by atoms with E-state index in [9.17, 15) is 0 Å². The third-order valence-electron chi connectivity index (χ3n) is 3.65. The Morgan fingerprint density at radius 1 is 0.320 bits per heavy atom. The Kier molecular flexibility index (Phi) is 12.0. The number of benzene rings is 3. The number of rotatable bonds is 1. The van der Waals surface area contributed by atoms with E-state index in [-0.39, 0.29) is 22.3 Å². The number of aryl methyl sites for hydroxylation is 4. The first-order chi connectivity index (χ1) is 10.5. The van der Waals surface area contributed by atoms with Crippen LogP contribution in [0.25, 0.3) is 11.1 Å². The molecule has 0 nitrogen and oxygen atoms in total. The molecule has 0 aliphatic rings. The van der Waals surface area contributed by atoms with Gasteiger partial charge in [-0.15, -0.1) is 0 Å². The van der Waals surface area contributed by atoms with Crippen LogP contribution in [0.3, 0.4) is 0 Å². The van der Waals surface area contributed by atoms with Crippen LogP contribution in [0.5, 0.6) is 0 Å². The number of hydrogen-bond acceptors (Lipinski definition) is 0. The molecule has 0 amide bonds. The molecule has 0 N–H and O–H groups in total. The van der Waals surface area contributed by atoms with E-state index in [1.54, 1.807) is 0 Å². The van der Waals surface area contributed by atoms with Gasteiger partial charge in [0.2, 0.25) is 0 Å². The summed E-state index contributed by atoms with van der Waals surface area (Å²) in [6, 6.07) is 25.7. The van der Waals surface area contributed by atoms with Crippen molar-refractivity contribution < 1.29 is 0 Å². The molecule has 0 aromatic heterocycles. The summed E-state index contributed by atoms with van der Waals surface area (Å²) in [6.07, 6.45) is 0. The molecule has 0 aliphatic heterocycles. The predicted octanol–water partition coefficient (Wildman–Crippen LogP) is 8.18. The van der Waals surface area contributed by atoms with Crippen molar-refractivity contribution in [1.82, 2.24) is 0 Å². The fourth-order valence-corrected chi connectivity index (χ4v) is 2.13. The van der Waals surface area contributed by atoms with Gasteiger partial charge >= 0.3 is 0 Å². The highest BCUT2D eigenvalue weighted by Crippen LogP contribution is 2.19. The first-order valence-electron chi connectivity index (χ1n) is 7.71. The van der Waals surface area contributed by atoms with Gasteiger partial charge < -0.3 is 0 Å². The lowest BCUT2D eigenvalue weighted by atomic mass is 10.0. The largest absolute Gasteiger partial charge is 0.0776 e. The molecule has 0 heteroatoms. The van der Waals surface area contributed by atoms with Crippen molar-refractivity contribution in [2.75, 3.05) is 0 Å². The SMILES string of the molecule is C.C.C.Cc1ccc(-c2ccc(C)cc2)cc1.Cc1ccc(C)cc1. The average Bonchev–Trinajstić information content (AvgIpc) is 2.53. The Hall–Kier alpha value is -2.34. The van der Waals surface area contributed by atoms with Gasteiger partial charge in [0.25, 0.3) is 0 Å². The molecule has 3 aromatic rings. The van der Waals surface area contributed by atoms with Gasteiger partial charge in [0, 0.05) is 0 Å². The van der Waals surface area contributed by atoms with Gasteiger partial charge in [-0.1, -0.05) is 117 Å². The monoisotopic (exact) mass is 336 g/mol. The van der Waals surface area contributed by atoms with Gasteiger partial charge in [-0.05, 0) is 38.8 Å². The van der Waals surface area contributed by atoms with Gasteiger partial charge in [-0.25, -0.2) is 0 Å². The summed E-state index contributed by atoms with van der Waals surface area (Å²) in [5.74, 6) is 0. The van der Waals surface area contributed by atoms with Gasteiger partial charge in [0.05, 0.1) is 0 Å². The maximum absolute atomic E-state index is 2.17. The van der Waals surface area contributed by atoms with Crippen LogP contribution in [-0.4, -0.2) is 0 Å². The third-order valence-corrected chi connectivity index (χ3v) is 3.65. The summed E-state index contributed by atoms with van der Waals surface area (Å²) in [6.45, 7) is 8.41. The highest BCUT2D eigenvalue weighted by Gasteiger charge is 1.95. The van der Waals surface area contributed by atoms with Crippen molar-refractivity contribution in [3.8, 4) is 11.1 Å². The van der Waals surface area contributed by atoms with Gasteiger partial charge in [-0.2, -0.15) is 0 Å². The van der Waals surface area contributed by atoms with Crippen LogP contribution in [0.2, 0.25) is 0 Å². The lowest BCUT2D eigenvalue weighted by molar-refractivity contribution is 1.40. The molecule has 3 aromatic carbocycles. The van der Waals surface area contributed by atoms with Gasteiger partial charge in [0.1, 0.15) is 0 Å². The minimum absolute atomic E-state index is 0. The van der Waals surface area contributed by atoms with Crippen molar-refractivity contribution in [3.05, 3.63) is 95.1 Å². The van der Waals surface area contributed by atoms with Crippen LogP contribution in [0.1, 0.15) is 44.5 Å². The van der Waals surface area contributed by atoms with E-state index in [2.05, 4.69) is 100 Å². The standard InChI is InChI=1S/C14H14.C8H10.3CH4/c1-11-3-7-13(8-4-11)14-9-5-12(2)6-10-14;1-7-3-5-8(2)6-4-7;;;/h3-10H,1-2H3;3-6H,1-2H3;3*1H4. The minimum Gasteiger partial charge on any atom is -0.0776 e. The Balaban J connectivity index is 0. The summed E-state index contributed by atoms with van der Waals surface area (Å²) >= 11 is 0. The van der Waals surface area contributed by atoms with Gasteiger partial charge in [0.15, 0.2) is 0 Å². The average molecular weight is 337 g/mol. The van der Waals surface area contributed by atoms with Crippen LogP contribution >= 0.6 is 0 Å². The second kappa shape index (κ2) is 12.1. The van der Waals surface area contributed by atoms with E-state index in [0.29, 0.717) is 0 Å². The number of hydrogen-bond donors (Lipinski definition) is 0. The highest BCUT2D eigenvalue weighted by molar-refractivity contribution is 5.63. The van der Waals surface area contributed by atoms with E-state index in [1.807, 2.05) is 0 Å². The lowest BCUT2D eigenvalue weighted by Gasteiger charge is -2.02. The van der Waals surface area contributed by atoms with Crippen LogP contribution in [0, 0.1) is 27.7 Å². The van der Waals surface area contributed by atoms with E-state index in [4.69, 9.17) is 0 Å². The zero-order valence-corrected chi connectivity index (χ0v) is 13.9. The van der Waals surface area contributed by atoms with Crippen molar-refractivity contribution in [2.24, 2.45) is 0 Å². The smallest absolute Gasteiger partial charge is 0.0184 e. The molecular formula is C25H36. The maximum atomic E-state index is 2.17. The van der Waals surface area contributed by atoms with Crippen LogP contribution in [-0.2, 0) is 0 Å². The first-order valence-corrected chi connectivity index (χ1v) is 7.71. The molecule has 0 unspecified atom stereocenters. The fourth-order valence-electron chi connectivity index (χ4n) is 2.13. The minimum atomic E-state index is 0. The summed E-state index contributed by atoms with van der Waals surface area (Å²) in [4.78, 5) is 0. The molecule has 0 atom stereocenters. The Labute approximate surface area is 156 Å². The quantitative estimate of drug-likeness (QED) is 0.420. The van der Waals surface area contributed by atoms with E-state index in [1.165, 1.54) is 33.4 Å². The summed E-state index contributed by atoms with van der Waals surface area (Å²) < 4.78 is 0. The van der Waals surface area contributed by atoms with E-state index in [0.717, 1.165) is 0 Å². The lowest BCUT2D eigenvalue weighted by Crippen LogP contribution is -1.78.